The average Bonchev–Trinajstić information content (AvgIpc) is 3.27. The molecule has 3 amide bonds. The summed E-state index contributed by atoms with van der Waals surface area (Å²) in [4.78, 5) is 36.3. The maximum Gasteiger partial charge on any atom is 0.331 e. The van der Waals surface area contributed by atoms with Gasteiger partial charge < -0.3 is 24.3 Å². The monoisotopic (exact) mass is 472 g/mol. The molecule has 1 saturated heterocycles. The van der Waals surface area contributed by atoms with Crippen LogP contribution in [0.15, 0.2) is 48.5 Å². The summed E-state index contributed by atoms with van der Waals surface area (Å²) < 4.78 is 34.7. The Morgan fingerprint density at radius 1 is 1.06 bits per heavy atom. The highest BCUT2D eigenvalue weighted by molar-refractivity contribution is 5.97. The topological polar surface area (TPSA) is 103 Å². The van der Waals surface area contributed by atoms with E-state index in [4.69, 9.17) is 18.9 Å². The summed E-state index contributed by atoms with van der Waals surface area (Å²) in [7, 11) is 0. The van der Waals surface area contributed by atoms with Gasteiger partial charge in [0.1, 0.15) is 24.8 Å². The number of rotatable bonds is 11. The fourth-order valence-electron chi connectivity index (χ4n) is 2.99. The van der Waals surface area contributed by atoms with Crippen molar-refractivity contribution in [2.45, 2.75) is 6.92 Å². The molecule has 0 aliphatic carbocycles. The number of carbonyl (C=O) groups is 3. The number of hydrogen-bond acceptors (Lipinski definition) is 7. The molecule has 0 unspecified atom stereocenters. The molecule has 0 radical (unpaired) electrons. The van der Waals surface area contributed by atoms with E-state index in [2.05, 4.69) is 5.32 Å². The van der Waals surface area contributed by atoms with Crippen LogP contribution in [0, 0.1) is 5.82 Å². The van der Waals surface area contributed by atoms with Gasteiger partial charge in [-0.2, -0.15) is 0 Å². The van der Waals surface area contributed by atoms with Crippen LogP contribution in [0.4, 0.5) is 9.18 Å². The summed E-state index contributed by atoms with van der Waals surface area (Å²) in [5.41, 5.74) is 0.653. The Hall–Kier alpha value is -4.08. The van der Waals surface area contributed by atoms with Crippen molar-refractivity contribution in [1.29, 1.82) is 0 Å². The van der Waals surface area contributed by atoms with E-state index < -0.39 is 24.5 Å². The first kappa shape index (κ1) is 24.6. The molecule has 1 aliphatic heterocycles. The summed E-state index contributed by atoms with van der Waals surface area (Å²) in [6.45, 7) is 2.83. The van der Waals surface area contributed by atoms with E-state index >= 15 is 0 Å². The summed E-state index contributed by atoms with van der Waals surface area (Å²) in [5.74, 6) is -0.122. The zero-order chi connectivity index (χ0) is 24.3. The number of urea groups is 1. The van der Waals surface area contributed by atoms with Crippen LogP contribution in [0.1, 0.15) is 12.5 Å². The van der Waals surface area contributed by atoms with Crippen LogP contribution in [0.3, 0.4) is 0 Å². The minimum atomic E-state index is -0.718. The number of halogens is 1. The summed E-state index contributed by atoms with van der Waals surface area (Å²) >= 11 is 0. The molecular formula is C24H25FN2O7. The zero-order valence-electron chi connectivity index (χ0n) is 18.6. The van der Waals surface area contributed by atoms with Gasteiger partial charge in [-0.05, 0) is 55.0 Å². The number of carbonyl (C=O) groups excluding carboxylic acids is 3. The number of amides is 3. The Kier molecular flexibility index (Phi) is 8.84. The van der Waals surface area contributed by atoms with Gasteiger partial charge >= 0.3 is 12.0 Å². The second-order valence-corrected chi connectivity index (χ2v) is 7.01. The second kappa shape index (κ2) is 12.2. The lowest BCUT2D eigenvalue weighted by atomic mass is 10.2. The van der Waals surface area contributed by atoms with Crippen LogP contribution in [-0.4, -0.2) is 62.3 Å². The first-order chi connectivity index (χ1) is 16.5. The number of benzene rings is 2. The van der Waals surface area contributed by atoms with Gasteiger partial charge in [-0.1, -0.05) is 6.07 Å². The standard InChI is InChI=1S/C24H25FN2O7/c1-2-31-21-15-17(4-10-23(29)34-16-22(28)27-12-11-26-24(27)30)3-9-20(21)33-14-13-32-19-7-5-18(25)6-8-19/h3-10,15H,2,11-14,16H2,1H3,(H,26,30)/b10-4+. The predicted molar refractivity (Wildman–Crippen MR) is 120 cm³/mol. The number of nitrogens with zero attached hydrogens (tertiary/aromatic N) is 1. The van der Waals surface area contributed by atoms with Gasteiger partial charge in [0.25, 0.3) is 5.91 Å². The molecule has 180 valence electrons. The van der Waals surface area contributed by atoms with Crippen molar-refractivity contribution in [3.05, 3.63) is 59.9 Å². The molecule has 0 bridgehead atoms. The van der Waals surface area contributed by atoms with E-state index in [-0.39, 0.29) is 25.6 Å². The van der Waals surface area contributed by atoms with Crippen molar-refractivity contribution in [2.75, 3.05) is 39.5 Å². The van der Waals surface area contributed by atoms with Crippen molar-refractivity contribution in [2.24, 2.45) is 0 Å². The highest BCUT2D eigenvalue weighted by Crippen LogP contribution is 2.29. The van der Waals surface area contributed by atoms with Crippen molar-refractivity contribution in [1.82, 2.24) is 10.2 Å². The largest absolute Gasteiger partial charge is 0.490 e. The number of nitrogens with one attached hydrogen (secondary N) is 1. The van der Waals surface area contributed by atoms with E-state index in [1.165, 1.54) is 36.4 Å². The van der Waals surface area contributed by atoms with Gasteiger partial charge in [-0.3, -0.25) is 9.69 Å². The lowest BCUT2D eigenvalue weighted by Gasteiger charge is -2.13. The fraction of sp³-hybridized carbons (Fsp3) is 0.292. The Balaban J connectivity index is 1.49. The second-order valence-electron chi connectivity index (χ2n) is 7.01. The number of esters is 1. The predicted octanol–water partition coefficient (Wildman–Crippen LogP) is 2.79. The number of imide groups is 1. The normalized spacial score (nSPS) is 13.0. The Labute approximate surface area is 196 Å². The van der Waals surface area contributed by atoms with E-state index in [9.17, 15) is 18.8 Å². The van der Waals surface area contributed by atoms with E-state index in [0.717, 1.165) is 4.90 Å². The van der Waals surface area contributed by atoms with Crippen LogP contribution >= 0.6 is 0 Å². The number of hydrogen-bond donors (Lipinski definition) is 1. The van der Waals surface area contributed by atoms with Crippen molar-refractivity contribution in [3.8, 4) is 17.2 Å². The smallest absolute Gasteiger partial charge is 0.331 e. The highest BCUT2D eigenvalue weighted by Gasteiger charge is 2.26. The van der Waals surface area contributed by atoms with Gasteiger partial charge in [-0.15, -0.1) is 0 Å². The molecule has 0 saturated carbocycles. The third-order valence-corrected chi connectivity index (χ3v) is 4.60. The zero-order valence-corrected chi connectivity index (χ0v) is 18.6. The molecule has 10 heteroatoms. The molecular weight excluding hydrogens is 447 g/mol. The minimum absolute atomic E-state index is 0.238. The quantitative estimate of drug-likeness (QED) is 0.305. The maximum atomic E-state index is 12.9. The van der Waals surface area contributed by atoms with Crippen LogP contribution in [0.2, 0.25) is 0 Å². The number of ether oxygens (including phenoxy) is 4. The maximum absolute atomic E-state index is 12.9. The Morgan fingerprint density at radius 3 is 2.53 bits per heavy atom. The third kappa shape index (κ3) is 7.22. The van der Waals surface area contributed by atoms with Crippen LogP contribution in [0.25, 0.3) is 6.08 Å². The molecule has 3 rings (SSSR count). The van der Waals surface area contributed by atoms with E-state index in [1.807, 2.05) is 6.92 Å². The van der Waals surface area contributed by atoms with Gasteiger partial charge in [-0.25, -0.2) is 14.0 Å². The first-order valence-electron chi connectivity index (χ1n) is 10.7. The van der Waals surface area contributed by atoms with Crippen LogP contribution < -0.4 is 19.5 Å². The summed E-state index contributed by atoms with van der Waals surface area (Å²) in [5, 5.41) is 2.50. The van der Waals surface area contributed by atoms with Gasteiger partial charge in [0.2, 0.25) is 0 Å². The molecule has 0 spiro atoms. The van der Waals surface area contributed by atoms with Gasteiger partial charge in [0.05, 0.1) is 6.61 Å². The van der Waals surface area contributed by atoms with Crippen molar-refractivity contribution >= 4 is 24.0 Å². The lowest BCUT2D eigenvalue weighted by molar-refractivity contribution is -0.146. The Morgan fingerprint density at radius 2 is 1.82 bits per heavy atom. The highest BCUT2D eigenvalue weighted by atomic mass is 19.1. The molecule has 1 N–H and O–H groups in total. The molecule has 0 aromatic heterocycles. The lowest BCUT2D eigenvalue weighted by Crippen LogP contribution is -2.37. The molecule has 0 atom stereocenters. The Bertz CT molecular complexity index is 1040. The third-order valence-electron chi connectivity index (χ3n) is 4.60. The average molecular weight is 472 g/mol. The molecule has 9 nitrogen and oxygen atoms in total. The van der Waals surface area contributed by atoms with Crippen LogP contribution in [-0.2, 0) is 14.3 Å². The minimum Gasteiger partial charge on any atom is -0.490 e. The van der Waals surface area contributed by atoms with E-state index in [1.54, 1.807) is 18.2 Å². The molecule has 1 aliphatic rings. The molecule has 2 aromatic carbocycles. The summed E-state index contributed by atoms with van der Waals surface area (Å²) in [6, 6.07) is 10.3. The van der Waals surface area contributed by atoms with Crippen molar-refractivity contribution < 1.29 is 37.7 Å². The van der Waals surface area contributed by atoms with Crippen LogP contribution in [0.5, 0.6) is 17.2 Å². The first-order valence-corrected chi connectivity index (χ1v) is 10.7. The SMILES string of the molecule is CCOc1cc(/C=C/C(=O)OCC(=O)N2CCNC2=O)ccc1OCCOc1ccc(F)cc1. The molecule has 1 heterocycles. The summed E-state index contributed by atoms with van der Waals surface area (Å²) in [6.07, 6.45) is 2.69. The molecule has 2 aromatic rings. The van der Waals surface area contributed by atoms with Gasteiger partial charge in [0, 0.05) is 19.2 Å². The fourth-order valence-corrected chi connectivity index (χ4v) is 2.99. The molecule has 34 heavy (non-hydrogen) atoms. The van der Waals surface area contributed by atoms with E-state index in [0.29, 0.717) is 36.0 Å². The molecule has 1 fully saturated rings. The van der Waals surface area contributed by atoms with Crippen molar-refractivity contribution in [3.63, 3.8) is 0 Å². The van der Waals surface area contributed by atoms with Gasteiger partial charge in [0.15, 0.2) is 18.1 Å².